The van der Waals surface area contributed by atoms with E-state index in [4.69, 9.17) is 4.74 Å². The molecule has 0 amide bonds. The number of rotatable bonds is 5. The first-order valence-corrected chi connectivity index (χ1v) is 10.9. The van der Waals surface area contributed by atoms with Crippen LogP contribution in [0.4, 0.5) is 4.39 Å². The number of benzene rings is 2. The molecule has 0 fully saturated rings. The lowest BCUT2D eigenvalue weighted by Gasteiger charge is -2.14. The molecule has 0 N–H and O–H groups in total. The van der Waals surface area contributed by atoms with Crippen molar-refractivity contribution in [3.63, 3.8) is 0 Å². The Morgan fingerprint density at radius 1 is 1.00 bits per heavy atom. The lowest BCUT2D eigenvalue weighted by molar-refractivity contribution is 0.414. The van der Waals surface area contributed by atoms with E-state index < -0.39 is 15.3 Å². The second-order valence-corrected chi connectivity index (χ2v) is 9.00. The Bertz CT molecular complexity index is 1430. The molecule has 0 saturated carbocycles. The van der Waals surface area contributed by atoms with Gasteiger partial charge in [-0.15, -0.1) is 0 Å². The third-order valence-electron chi connectivity index (χ3n) is 4.95. The van der Waals surface area contributed by atoms with Crippen LogP contribution in [-0.2, 0) is 16.4 Å². The van der Waals surface area contributed by atoms with Gasteiger partial charge in [0, 0.05) is 18.4 Å². The maximum absolute atomic E-state index is 13.3. The average Bonchev–Trinajstić information content (AvgIpc) is 2.77. The minimum atomic E-state index is -4.09. The fourth-order valence-corrected chi connectivity index (χ4v) is 4.68. The summed E-state index contributed by atoms with van der Waals surface area (Å²) in [4.78, 5) is 17.2. The molecule has 0 aliphatic rings. The van der Waals surface area contributed by atoms with Crippen molar-refractivity contribution in [1.82, 2.24) is 9.55 Å². The van der Waals surface area contributed by atoms with Crippen LogP contribution in [0.25, 0.3) is 11.0 Å². The van der Waals surface area contributed by atoms with Gasteiger partial charge in [0.2, 0.25) is 15.3 Å². The Morgan fingerprint density at radius 3 is 2.32 bits per heavy atom. The molecular weight excluding hydrogens is 419 g/mol. The molecule has 31 heavy (non-hydrogen) atoms. The van der Waals surface area contributed by atoms with Crippen molar-refractivity contribution in [1.29, 1.82) is 0 Å². The van der Waals surface area contributed by atoms with Gasteiger partial charge in [-0.1, -0.05) is 12.1 Å². The predicted molar refractivity (Wildman–Crippen MR) is 115 cm³/mol. The maximum atomic E-state index is 13.3. The molecule has 2 heterocycles. The Labute approximate surface area is 178 Å². The molecule has 8 heteroatoms. The van der Waals surface area contributed by atoms with Gasteiger partial charge in [-0.2, -0.15) is 0 Å². The number of pyridine rings is 2. The van der Waals surface area contributed by atoms with Crippen LogP contribution < -0.4 is 10.2 Å². The zero-order valence-corrected chi connectivity index (χ0v) is 17.7. The molecule has 2 aromatic carbocycles. The van der Waals surface area contributed by atoms with Gasteiger partial charge in [0.15, 0.2) is 0 Å². The molecule has 0 atom stereocenters. The SMILES string of the molecule is COc1ccc(S(=O)(=O)c2cn(Cc3ccc(F)cc3)c3nc(C)ccc3c2=O)cc1. The Kier molecular flexibility index (Phi) is 5.32. The fourth-order valence-electron chi connectivity index (χ4n) is 3.31. The number of aromatic nitrogens is 2. The summed E-state index contributed by atoms with van der Waals surface area (Å²) in [6, 6.07) is 14.9. The molecule has 0 aliphatic carbocycles. The normalized spacial score (nSPS) is 11.6. The predicted octanol–water partition coefficient (Wildman–Crippen LogP) is 3.73. The topological polar surface area (TPSA) is 78.3 Å². The van der Waals surface area contributed by atoms with Gasteiger partial charge in [-0.05, 0) is 61.0 Å². The molecule has 4 rings (SSSR count). The molecule has 158 valence electrons. The van der Waals surface area contributed by atoms with Crippen LogP contribution in [0.5, 0.6) is 5.75 Å². The monoisotopic (exact) mass is 438 g/mol. The number of halogens is 1. The van der Waals surface area contributed by atoms with E-state index in [0.29, 0.717) is 17.1 Å². The molecule has 0 bridgehead atoms. The molecule has 0 aliphatic heterocycles. The number of aryl methyl sites for hydroxylation is 1. The highest BCUT2D eigenvalue weighted by Crippen LogP contribution is 2.23. The van der Waals surface area contributed by atoms with E-state index in [-0.39, 0.29) is 27.5 Å². The van der Waals surface area contributed by atoms with E-state index in [0.717, 1.165) is 5.56 Å². The summed E-state index contributed by atoms with van der Waals surface area (Å²) in [5.41, 5.74) is 1.17. The first kappa shape index (κ1) is 20.7. The molecule has 4 aromatic rings. The Balaban J connectivity index is 1.93. The third kappa shape index (κ3) is 3.94. The summed E-state index contributed by atoms with van der Waals surface area (Å²) in [6.45, 7) is 2.01. The maximum Gasteiger partial charge on any atom is 0.211 e. The van der Waals surface area contributed by atoms with Crippen molar-refractivity contribution in [2.24, 2.45) is 0 Å². The Morgan fingerprint density at radius 2 is 1.68 bits per heavy atom. The van der Waals surface area contributed by atoms with Gasteiger partial charge in [0.1, 0.15) is 22.1 Å². The number of methoxy groups -OCH3 is 1. The molecule has 2 aromatic heterocycles. The van der Waals surface area contributed by atoms with Crippen molar-refractivity contribution in [2.75, 3.05) is 7.11 Å². The summed E-state index contributed by atoms with van der Waals surface area (Å²) >= 11 is 0. The standard InChI is InChI=1S/C23H19FN2O4S/c1-15-3-12-20-22(27)21(31(28,29)19-10-8-18(30-2)9-11-19)14-26(23(20)25-15)13-16-4-6-17(24)7-5-16/h3-12,14H,13H2,1-2H3. The molecule has 6 nitrogen and oxygen atoms in total. The minimum absolute atomic E-state index is 0.0156. The van der Waals surface area contributed by atoms with Crippen LogP contribution in [0.15, 0.2) is 81.4 Å². The summed E-state index contributed by atoms with van der Waals surface area (Å²) in [7, 11) is -2.61. The largest absolute Gasteiger partial charge is 0.497 e. The zero-order valence-electron chi connectivity index (χ0n) is 16.9. The van der Waals surface area contributed by atoms with Crippen molar-refractivity contribution >= 4 is 20.9 Å². The molecule has 0 saturated heterocycles. The van der Waals surface area contributed by atoms with Crippen molar-refractivity contribution in [3.05, 3.63) is 94.2 Å². The number of ether oxygens (including phenoxy) is 1. The summed E-state index contributed by atoms with van der Waals surface area (Å²) < 4.78 is 46.6. The van der Waals surface area contributed by atoms with Crippen molar-refractivity contribution in [3.8, 4) is 5.75 Å². The molecular formula is C23H19FN2O4S. The Hall–Kier alpha value is -3.52. The van der Waals surface area contributed by atoms with Crippen LogP contribution in [0, 0.1) is 12.7 Å². The van der Waals surface area contributed by atoms with E-state index in [2.05, 4.69) is 4.98 Å². The summed E-state index contributed by atoms with van der Waals surface area (Å²) in [5.74, 6) is 0.135. The second kappa shape index (κ2) is 7.96. The lowest BCUT2D eigenvalue weighted by atomic mass is 10.2. The van der Waals surface area contributed by atoms with Gasteiger partial charge >= 0.3 is 0 Å². The second-order valence-electron chi connectivity index (χ2n) is 7.08. The smallest absolute Gasteiger partial charge is 0.211 e. The average molecular weight is 438 g/mol. The van der Waals surface area contributed by atoms with E-state index in [1.165, 1.54) is 49.7 Å². The van der Waals surface area contributed by atoms with Gasteiger partial charge in [0.25, 0.3) is 0 Å². The van der Waals surface area contributed by atoms with Crippen molar-refractivity contribution in [2.45, 2.75) is 23.3 Å². The van der Waals surface area contributed by atoms with E-state index in [1.54, 1.807) is 35.8 Å². The van der Waals surface area contributed by atoms with E-state index in [1.807, 2.05) is 0 Å². The molecule has 0 radical (unpaired) electrons. The number of fused-ring (bicyclic) bond motifs is 1. The van der Waals surface area contributed by atoms with Crippen LogP contribution in [0.3, 0.4) is 0 Å². The highest BCUT2D eigenvalue weighted by atomic mass is 32.2. The quantitative estimate of drug-likeness (QED) is 0.474. The van der Waals surface area contributed by atoms with Crippen LogP contribution in [-0.4, -0.2) is 25.1 Å². The highest BCUT2D eigenvalue weighted by Gasteiger charge is 2.24. The van der Waals surface area contributed by atoms with Gasteiger partial charge in [-0.25, -0.2) is 17.8 Å². The van der Waals surface area contributed by atoms with Gasteiger partial charge < -0.3 is 9.30 Å². The van der Waals surface area contributed by atoms with Crippen molar-refractivity contribution < 1.29 is 17.5 Å². The number of hydrogen-bond acceptors (Lipinski definition) is 5. The zero-order chi connectivity index (χ0) is 22.2. The van der Waals surface area contributed by atoms with Gasteiger partial charge in [-0.3, -0.25) is 4.79 Å². The number of nitrogens with zero attached hydrogens (tertiary/aromatic N) is 2. The number of sulfone groups is 1. The first-order valence-electron chi connectivity index (χ1n) is 9.44. The fraction of sp³-hybridized carbons (Fsp3) is 0.130. The van der Waals surface area contributed by atoms with E-state index >= 15 is 0 Å². The highest BCUT2D eigenvalue weighted by molar-refractivity contribution is 7.91. The van der Waals surface area contributed by atoms with Crippen LogP contribution in [0.1, 0.15) is 11.3 Å². The summed E-state index contributed by atoms with van der Waals surface area (Å²) in [6.07, 6.45) is 1.31. The van der Waals surface area contributed by atoms with Crippen LogP contribution in [0.2, 0.25) is 0 Å². The van der Waals surface area contributed by atoms with Crippen LogP contribution >= 0.6 is 0 Å². The molecule has 0 unspecified atom stereocenters. The first-order chi connectivity index (χ1) is 14.8. The molecule has 0 spiro atoms. The lowest BCUT2D eigenvalue weighted by Crippen LogP contribution is -2.20. The van der Waals surface area contributed by atoms with Gasteiger partial charge in [0.05, 0.1) is 17.4 Å². The van der Waals surface area contributed by atoms with E-state index in [9.17, 15) is 17.6 Å². The third-order valence-corrected chi connectivity index (χ3v) is 6.72. The summed E-state index contributed by atoms with van der Waals surface area (Å²) in [5, 5.41) is 0.197. The number of hydrogen-bond donors (Lipinski definition) is 0. The minimum Gasteiger partial charge on any atom is -0.497 e.